The molecule has 0 unspecified atom stereocenters. The summed E-state index contributed by atoms with van der Waals surface area (Å²) < 4.78 is 22.5. The number of aromatic nitrogens is 2. The Balaban J connectivity index is 1.63. The summed E-state index contributed by atoms with van der Waals surface area (Å²) in [5.41, 5.74) is 7.54. The second-order valence-corrected chi connectivity index (χ2v) is 6.92. The Hall–Kier alpha value is -3.06. The highest BCUT2D eigenvalue weighted by Gasteiger charge is 2.39. The third-order valence-electron chi connectivity index (χ3n) is 5.05. The highest BCUT2D eigenvalue weighted by Crippen LogP contribution is 2.42. The second kappa shape index (κ2) is 7.52. The van der Waals surface area contributed by atoms with Gasteiger partial charge in [-0.15, -0.1) is 0 Å². The van der Waals surface area contributed by atoms with Crippen LogP contribution >= 0.6 is 0 Å². The zero-order chi connectivity index (χ0) is 19.6. The van der Waals surface area contributed by atoms with Crippen LogP contribution in [-0.4, -0.2) is 24.4 Å². The van der Waals surface area contributed by atoms with Gasteiger partial charge in [0.2, 0.25) is 5.75 Å². The van der Waals surface area contributed by atoms with Gasteiger partial charge in [0.05, 0.1) is 19.8 Å². The van der Waals surface area contributed by atoms with Gasteiger partial charge in [-0.05, 0) is 37.0 Å². The number of ether oxygens (including phenoxy) is 3. The first-order chi connectivity index (χ1) is 13.6. The Labute approximate surface area is 163 Å². The Morgan fingerprint density at radius 3 is 2.32 bits per heavy atom. The summed E-state index contributed by atoms with van der Waals surface area (Å²) in [4.78, 5) is 4.49. The molecule has 1 fully saturated rings. The Bertz CT molecular complexity index is 926. The van der Waals surface area contributed by atoms with Gasteiger partial charge in [-0.3, -0.25) is 0 Å². The molecule has 0 atom stereocenters. The van der Waals surface area contributed by atoms with Crippen LogP contribution in [0, 0.1) is 0 Å². The van der Waals surface area contributed by atoms with Crippen molar-refractivity contribution in [1.29, 1.82) is 0 Å². The molecule has 4 rings (SSSR count). The summed E-state index contributed by atoms with van der Waals surface area (Å²) >= 11 is 0. The zero-order valence-electron chi connectivity index (χ0n) is 16.0. The fourth-order valence-electron chi connectivity index (χ4n) is 3.20. The smallest absolute Gasteiger partial charge is 0.258 e. The summed E-state index contributed by atoms with van der Waals surface area (Å²) in [5, 5.41) is 4.07. The second-order valence-electron chi connectivity index (χ2n) is 6.92. The quantitative estimate of drug-likeness (QED) is 0.667. The first kappa shape index (κ1) is 18.3. The lowest BCUT2D eigenvalue weighted by Gasteiger charge is -2.34. The van der Waals surface area contributed by atoms with E-state index in [1.165, 1.54) is 0 Å². The fraction of sp³-hybridized carbons (Fsp3) is 0.333. The molecule has 1 saturated carbocycles. The van der Waals surface area contributed by atoms with Crippen molar-refractivity contribution in [3.05, 3.63) is 53.9 Å². The van der Waals surface area contributed by atoms with Crippen molar-refractivity contribution in [2.24, 2.45) is 5.73 Å². The maximum Gasteiger partial charge on any atom is 0.258 e. The SMILES string of the molecule is COc1cc(-c2nc(C3(N)CCC3)no2)cc(OC)c1OCc1ccccc1. The first-order valence-corrected chi connectivity index (χ1v) is 9.19. The maximum atomic E-state index is 6.29. The molecule has 7 nitrogen and oxygen atoms in total. The third kappa shape index (κ3) is 3.41. The van der Waals surface area contributed by atoms with Gasteiger partial charge in [-0.25, -0.2) is 0 Å². The largest absolute Gasteiger partial charge is 0.493 e. The number of methoxy groups -OCH3 is 2. The number of rotatable bonds is 7. The lowest BCUT2D eigenvalue weighted by atomic mass is 9.77. The average molecular weight is 381 g/mol. The molecule has 0 spiro atoms. The average Bonchev–Trinajstić information content (AvgIpc) is 3.21. The van der Waals surface area contributed by atoms with Crippen LogP contribution in [0.25, 0.3) is 11.5 Å². The summed E-state index contributed by atoms with van der Waals surface area (Å²) in [6.45, 7) is 0.396. The van der Waals surface area contributed by atoms with E-state index in [0.29, 0.717) is 41.1 Å². The molecule has 28 heavy (non-hydrogen) atoms. The third-order valence-corrected chi connectivity index (χ3v) is 5.05. The molecule has 146 valence electrons. The van der Waals surface area contributed by atoms with Crippen LogP contribution in [0.4, 0.5) is 0 Å². The highest BCUT2D eigenvalue weighted by atomic mass is 16.5. The lowest BCUT2D eigenvalue weighted by Crippen LogP contribution is -2.44. The van der Waals surface area contributed by atoms with Gasteiger partial charge in [0, 0.05) is 5.56 Å². The van der Waals surface area contributed by atoms with E-state index in [2.05, 4.69) is 10.1 Å². The molecular formula is C21H23N3O4. The Morgan fingerprint density at radius 1 is 1.07 bits per heavy atom. The molecule has 0 bridgehead atoms. The van der Waals surface area contributed by atoms with Crippen molar-refractivity contribution < 1.29 is 18.7 Å². The molecule has 0 saturated heterocycles. The van der Waals surface area contributed by atoms with Crippen LogP contribution in [0.15, 0.2) is 47.0 Å². The fourth-order valence-corrected chi connectivity index (χ4v) is 3.20. The van der Waals surface area contributed by atoms with Crippen molar-refractivity contribution in [3.8, 4) is 28.7 Å². The standard InChI is InChI=1S/C21H23N3O4/c1-25-16-11-15(19-23-20(24-28-19)21(22)9-6-10-21)12-17(26-2)18(16)27-13-14-7-4-3-5-8-14/h3-5,7-8,11-12H,6,9-10,13,22H2,1-2H3. The van der Waals surface area contributed by atoms with Gasteiger partial charge in [-0.2, -0.15) is 4.98 Å². The van der Waals surface area contributed by atoms with E-state index in [1.807, 2.05) is 30.3 Å². The van der Waals surface area contributed by atoms with E-state index in [9.17, 15) is 0 Å². The van der Waals surface area contributed by atoms with Crippen LogP contribution in [0.3, 0.4) is 0 Å². The van der Waals surface area contributed by atoms with Crippen LogP contribution in [0.5, 0.6) is 17.2 Å². The topological polar surface area (TPSA) is 92.6 Å². The van der Waals surface area contributed by atoms with Gasteiger partial charge in [0.15, 0.2) is 17.3 Å². The van der Waals surface area contributed by atoms with Crippen LogP contribution in [0.2, 0.25) is 0 Å². The number of nitrogens with zero attached hydrogens (tertiary/aromatic N) is 2. The molecule has 3 aromatic rings. The van der Waals surface area contributed by atoms with Gasteiger partial charge in [0.1, 0.15) is 6.61 Å². The van der Waals surface area contributed by atoms with E-state index in [4.69, 9.17) is 24.5 Å². The molecule has 0 amide bonds. The summed E-state index contributed by atoms with van der Waals surface area (Å²) in [6, 6.07) is 13.5. The molecule has 1 aliphatic carbocycles. The summed E-state index contributed by atoms with van der Waals surface area (Å²) in [5.74, 6) is 2.48. The van der Waals surface area contributed by atoms with Gasteiger partial charge < -0.3 is 24.5 Å². The van der Waals surface area contributed by atoms with E-state index >= 15 is 0 Å². The predicted octanol–water partition coefficient (Wildman–Crippen LogP) is 3.67. The molecule has 0 radical (unpaired) electrons. The Kier molecular flexibility index (Phi) is 4.92. The summed E-state index contributed by atoms with van der Waals surface area (Å²) in [6.07, 6.45) is 2.81. The number of nitrogens with two attached hydrogens (primary N) is 1. The first-order valence-electron chi connectivity index (χ1n) is 9.19. The van der Waals surface area contributed by atoms with Gasteiger partial charge in [0.25, 0.3) is 5.89 Å². The summed E-state index contributed by atoms with van der Waals surface area (Å²) in [7, 11) is 3.16. The van der Waals surface area contributed by atoms with E-state index < -0.39 is 5.54 Å². The van der Waals surface area contributed by atoms with Crippen LogP contribution in [-0.2, 0) is 12.1 Å². The lowest BCUT2D eigenvalue weighted by molar-refractivity contribution is 0.229. The molecule has 1 aromatic heterocycles. The van der Waals surface area contributed by atoms with Gasteiger partial charge >= 0.3 is 0 Å². The Morgan fingerprint density at radius 2 is 1.75 bits per heavy atom. The molecule has 0 aliphatic heterocycles. The van der Waals surface area contributed by atoms with E-state index in [0.717, 1.165) is 24.8 Å². The number of benzene rings is 2. The van der Waals surface area contributed by atoms with Gasteiger partial charge in [-0.1, -0.05) is 35.5 Å². The van der Waals surface area contributed by atoms with Crippen molar-refractivity contribution in [3.63, 3.8) is 0 Å². The number of hydrogen-bond acceptors (Lipinski definition) is 7. The van der Waals surface area contributed by atoms with Crippen molar-refractivity contribution in [2.45, 2.75) is 31.4 Å². The highest BCUT2D eigenvalue weighted by molar-refractivity contribution is 5.65. The van der Waals surface area contributed by atoms with Crippen LogP contribution < -0.4 is 19.9 Å². The maximum absolute atomic E-state index is 6.29. The molecule has 1 heterocycles. The predicted molar refractivity (Wildman–Crippen MR) is 103 cm³/mol. The van der Waals surface area contributed by atoms with Crippen molar-refractivity contribution >= 4 is 0 Å². The minimum Gasteiger partial charge on any atom is -0.493 e. The van der Waals surface area contributed by atoms with Crippen molar-refractivity contribution in [1.82, 2.24) is 10.1 Å². The zero-order valence-corrected chi connectivity index (χ0v) is 16.0. The molecule has 1 aliphatic rings. The molecule has 7 heteroatoms. The van der Waals surface area contributed by atoms with E-state index in [1.54, 1.807) is 26.4 Å². The minimum absolute atomic E-state index is 0.373. The van der Waals surface area contributed by atoms with Crippen LogP contribution in [0.1, 0.15) is 30.7 Å². The molecule has 2 aromatic carbocycles. The molecule has 2 N–H and O–H groups in total. The van der Waals surface area contributed by atoms with E-state index in [-0.39, 0.29) is 0 Å². The van der Waals surface area contributed by atoms with Crippen molar-refractivity contribution in [2.75, 3.05) is 14.2 Å². The monoisotopic (exact) mass is 381 g/mol. The normalized spacial score (nSPS) is 15.0. The molecular weight excluding hydrogens is 358 g/mol. The minimum atomic E-state index is -0.478. The number of hydrogen-bond donors (Lipinski definition) is 1.